The molecule has 0 aromatic rings. The number of carbonyl (C=O) groups is 1. The summed E-state index contributed by atoms with van der Waals surface area (Å²) in [4.78, 5) is 10.6. The molecule has 1 saturated carbocycles. The molecule has 1 aliphatic carbocycles. The van der Waals surface area contributed by atoms with Gasteiger partial charge in [0.2, 0.25) is 0 Å². The van der Waals surface area contributed by atoms with Crippen LogP contribution >= 0.6 is 0 Å². The van der Waals surface area contributed by atoms with Crippen molar-refractivity contribution in [1.82, 2.24) is 0 Å². The van der Waals surface area contributed by atoms with Crippen LogP contribution in [0.3, 0.4) is 0 Å². The summed E-state index contributed by atoms with van der Waals surface area (Å²) >= 11 is 0. The molecule has 1 rings (SSSR count). The van der Waals surface area contributed by atoms with E-state index < -0.39 is 5.97 Å². The Hall–Kier alpha value is -0.530. The van der Waals surface area contributed by atoms with Crippen molar-refractivity contribution in [3.63, 3.8) is 0 Å². The van der Waals surface area contributed by atoms with Gasteiger partial charge >= 0.3 is 5.97 Å². The molecule has 0 heterocycles. The van der Waals surface area contributed by atoms with Crippen LogP contribution < -0.4 is 0 Å². The summed E-state index contributed by atoms with van der Waals surface area (Å²) in [6, 6.07) is 0. The Kier molecular flexibility index (Phi) is 5.13. The fraction of sp³-hybridized carbons (Fsp3) is 0.923. The lowest BCUT2D eigenvalue weighted by atomic mass is 9.80. The van der Waals surface area contributed by atoms with Crippen molar-refractivity contribution in [3.8, 4) is 0 Å². The first kappa shape index (κ1) is 12.5. The third-order valence-electron chi connectivity index (χ3n) is 3.81. The molecule has 15 heavy (non-hydrogen) atoms. The van der Waals surface area contributed by atoms with Gasteiger partial charge in [0.05, 0.1) is 5.92 Å². The smallest absolute Gasteiger partial charge is 0.306 e. The van der Waals surface area contributed by atoms with E-state index in [2.05, 4.69) is 6.92 Å². The molecule has 0 aromatic carbocycles. The third-order valence-corrected chi connectivity index (χ3v) is 3.81. The second-order valence-corrected chi connectivity index (χ2v) is 5.30. The van der Waals surface area contributed by atoms with Crippen molar-refractivity contribution in [1.29, 1.82) is 0 Å². The lowest BCUT2D eigenvalue weighted by molar-refractivity contribution is -0.141. The minimum absolute atomic E-state index is 0.170. The number of carboxylic acid groups (broad SMARTS) is 1. The van der Waals surface area contributed by atoms with Crippen molar-refractivity contribution in [2.45, 2.75) is 58.8 Å². The molecule has 0 bridgehead atoms. The van der Waals surface area contributed by atoms with Gasteiger partial charge in [-0.15, -0.1) is 0 Å². The van der Waals surface area contributed by atoms with Crippen molar-refractivity contribution < 1.29 is 9.90 Å². The first-order valence-corrected chi connectivity index (χ1v) is 6.32. The zero-order valence-corrected chi connectivity index (χ0v) is 10.0. The second-order valence-electron chi connectivity index (χ2n) is 5.30. The number of hydrogen-bond acceptors (Lipinski definition) is 1. The van der Waals surface area contributed by atoms with E-state index >= 15 is 0 Å². The van der Waals surface area contributed by atoms with Gasteiger partial charge in [0.25, 0.3) is 0 Å². The van der Waals surface area contributed by atoms with E-state index in [9.17, 15) is 4.79 Å². The van der Waals surface area contributed by atoms with Gasteiger partial charge in [-0.2, -0.15) is 0 Å². The molecular weight excluding hydrogens is 188 g/mol. The van der Waals surface area contributed by atoms with E-state index in [0.717, 1.165) is 18.8 Å². The van der Waals surface area contributed by atoms with Crippen LogP contribution in [0.2, 0.25) is 0 Å². The van der Waals surface area contributed by atoms with Crippen molar-refractivity contribution in [2.24, 2.45) is 17.8 Å². The molecule has 88 valence electrons. The normalized spacial score (nSPS) is 20.7. The molecule has 0 amide bonds. The molecule has 2 unspecified atom stereocenters. The quantitative estimate of drug-likeness (QED) is 0.698. The SMILES string of the molecule is CC(CCC1CCC1)CCC(C)C(=O)O. The van der Waals surface area contributed by atoms with Crippen LogP contribution in [0.1, 0.15) is 58.8 Å². The van der Waals surface area contributed by atoms with Crippen molar-refractivity contribution >= 4 is 5.97 Å². The predicted molar refractivity (Wildman–Crippen MR) is 61.8 cm³/mol. The van der Waals surface area contributed by atoms with E-state index in [0.29, 0.717) is 5.92 Å². The van der Waals surface area contributed by atoms with E-state index in [-0.39, 0.29) is 5.92 Å². The van der Waals surface area contributed by atoms with E-state index in [1.807, 2.05) is 0 Å². The number of hydrogen-bond donors (Lipinski definition) is 1. The molecule has 0 radical (unpaired) electrons. The summed E-state index contributed by atoms with van der Waals surface area (Å²) < 4.78 is 0. The minimum atomic E-state index is -0.652. The third kappa shape index (κ3) is 4.67. The number of rotatable bonds is 7. The molecule has 1 N–H and O–H groups in total. The average molecular weight is 212 g/mol. The van der Waals surface area contributed by atoms with Crippen LogP contribution in [-0.4, -0.2) is 11.1 Å². The summed E-state index contributed by atoms with van der Waals surface area (Å²) in [7, 11) is 0. The summed E-state index contributed by atoms with van der Waals surface area (Å²) in [5.74, 6) is 0.870. The zero-order chi connectivity index (χ0) is 11.3. The molecule has 0 saturated heterocycles. The first-order valence-electron chi connectivity index (χ1n) is 6.32. The minimum Gasteiger partial charge on any atom is -0.481 e. The molecule has 2 heteroatoms. The standard InChI is InChI=1S/C13H24O2/c1-10(6-8-11(2)13(14)15)7-9-12-4-3-5-12/h10-12H,3-9H2,1-2H3,(H,14,15). The van der Waals surface area contributed by atoms with Crippen LogP contribution in [0, 0.1) is 17.8 Å². The highest BCUT2D eigenvalue weighted by atomic mass is 16.4. The fourth-order valence-corrected chi connectivity index (χ4v) is 2.10. The molecule has 1 aliphatic rings. The number of aliphatic carboxylic acids is 1. The fourth-order valence-electron chi connectivity index (χ4n) is 2.10. The highest BCUT2D eigenvalue weighted by molar-refractivity contribution is 5.69. The Morgan fingerprint density at radius 3 is 2.40 bits per heavy atom. The maximum Gasteiger partial charge on any atom is 0.306 e. The molecule has 0 aliphatic heterocycles. The highest BCUT2D eigenvalue weighted by Gasteiger charge is 2.18. The van der Waals surface area contributed by atoms with E-state index in [1.165, 1.54) is 32.1 Å². The summed E-state index contributed by atoms with van der Waals surface area (Å²) in [5, 5.41) is 8.76. The highest BCUT2D eigenvalue weighted by Crippen LogP contribution is 2.32. The Balaban J connectivity index is 2.01. The molecule has 0 spiro atoms. The van der Waals surface area contributed by atoms with Gasteiger partial charge in [-0.1, -0.05) is 46.0 Å². The van der Waals surface area contributed by atoms with Crippen LogP contribution in [0.25, 0.3) is 0 Å². The monoisotopic (exact) mass is 212 g/mol. The predicted octanol–water partition coefficient (Wildman–Crippen LogP) is 3.70. The Morgan fingerprint density at radius 2 is 1.93 bits per heavy atom. The topological polar surface area (TPSA) is 37.3 Å². The van der Waals surface area contributed by atoms with Gasteiger partial charge in [-0.05, 0) is 24.7 Å². The van der Waals surface area contributed by atoms with Gasteiger partial charge in [0, 0.05) is 0 Å². The van der Waals surface area contributed by atoms with Gasteiger partial charge in [-0.3, -0.25) is 4.79 Å². The lowest BCUT2D eigenvalue weighted by Gasteiger charge is -2.26. The second kappa shape index (κ2) is 6.14. The zero-order valence-electron chi connectivity index (χ0n) is 10.0. The van der Waals surface area contributed by atoms with Crippen molar-refractivity contribution in [3.05, 3.63) is 0 Å². The number of carboxylic acids is 1. The van der Waals surface area contributed by atoms with E-state index in [4.69, 9.17) is 5.11 Å². The Morgan fingerprint density at radius 1 is 1.27 bits per heavy atom. The first-order chi connectivity index (χ1) is 7.09. The maximum atomic E-state index is 10.6. The van der Waals surface area contributed by atoms with Crippen LogP contribution in [-0.2, 0) is 4.79 Å². The van der Waals surface area contributed by atoms with Gasteiger partial charge in [0.1, 0.15) is 0 Å². The summed E-state index contributed by atoms with van der Waals surface area (Å²) in [6.45, 7) is 4.06. The largest absolute Gasteiger partial charge is 0.481 e. The lowest BCUT2D eigenvalue weighted by Crippen LogP contribution is -2.13. The van der Waals surface area contributed by atoms with Crippen LogP contribution in [0.5, 0.6) is 0 Å². The van der Waals surface area contributed by atoms with Crippen LogP contribution in [0.4, 0.5) is 0 Å². The molecule has 0 aromatic heterocycles. The molecule has 2 nitrogen and oxygen atoms in total. The Bertz CT molecular complexity index is 197. The van der Waals surface area contributed by atoms with Crippen molar-refractivity contribution in [2.75, 3.05) is 0 Å². The summed E-state index contributed by atoms with van der Waals surface area (Å²) in [5.41, 5.74) is 0. The summed E-state index contributed by atoms with van der Waals surface area (Å²) in [6.07, 6.45) is 8.84. The van der Waals surface area contributed by atoms with Gasteiger partial charge in [-0.25, -0.2) is 0 Å². The van der Waals surface area contributed by atoms with E-state index in [1.54, 1.807) is 6.92 Å². The average Bonchev–Trinajstić information content (AvgIpc) is 2.11. The Labute approximate surface area is 93.1 Å². The molecular formula is C13H24O2. The van der Waals surface area contributed by atoms with Crippen LogP contribution in [0.15, 0.2) is 0 Å². The maximum absolute atomic E-state index is 10.6. The van der Waals surface area contributed by atoms with Gasteiger partial charge in [0.15, 0.2) is 0 Å². The van der Waals surface area contributed by atoms with Gasteiger partial charge < -0.3 is 5.11 Å². The molecule has 1 fully saturated rings. The molecule has 2 atom stereocenters.